The fourth-order valence-corrected chi connectivity index (χ4v) is 4.78. The summed E-state index contributed by atoms with van der Waals surface area (Å²) in [4.78, 5) is 34.0. The molecule has 0 aliphatic carbocycles. The third-order valence-electron chi connectivity index (χ3n) is 6.89. The lowest BCUT2D eigenvalue weighted by Crippen LogP contribution is -2.50. The quantitative estimate of drug-likeness (QED) is 0.257. The summed E-state index contributed by atoms with van der Waals surface area (Å²) in [5.41, 5.74) is 10.7. The summed E-state index contributed by atoms with van der Waals surface area (Å²) in [6.07, 6.45) is 1.67. The van der Waals surface area contributed by atoms with Gasteiger partial charge in [0, 0.05) is 55.6 Å². The molecule has 0 bridgehead atoms. The van der Waals surface area contributed by atoms with E-state index in [2.05, 4.69) is 22.0 Å². The molecule has 3 aromatic carbocycles. The van der Waals surface area contributed by atoms with Crippen molar-refractivity contribution in [1.82, 2.24) is 9.88 Å². The number of ketones is 1. The highest BCUT2D eigenvalue weighted by molar-refractivity contribution is 6.00. The first-order valence-electron chi connectivity index (χ1n) is 13.3. The Morgan fingerprint density at radius 1 is 0.872 bits per heavy atom. The van der Waals surface area contributed by atoms with E-state index in [-0.39, 0.29) is 18.3 Å². The number of amides is 1. The smallest absolute Gasteiger partial charge is 0.410 e. The van der Waals surface area contributed by atoms with Gasteiger partial charge < -0.3 is 20.3 Å². The molecule has 1 fully saturated rings. The number of nitrogen functional groups attached to an aromatic ring is 1. The van der Waals surface area contributed by atoms with Crippen molar-refractivity contribution in [2.75, 3.05) is 36.8 Å². The Balaban J connectivity index is 1.27. The summed E-state index contributed by atoms with van der Waals surface area (Å²) >= 11 is 0. The van der Waals surface area contributed by atoms with Gasteiger partial charge in [0.05, 0.1) is 0 Å². The maximum absolute atomic E-state index is 13.2. The van der Waals surface area contributed by atoms with E-state index in [4.69, 9.17) is 10.5 Å². The Morgan fingerprint density at radius 2 is 1.62 bits per heavy atom. The van der Waals surface area contributed by atoms with Crippen LogP contribution in [0.25, 0.3) is 21.9 Å². The average Bonchev–Trinajstić information content (AvgIpc) is 2.93. The molecule has 4 aromatic rings. The van der Waals surface area contributed by atoms with Crippen LogP contribution >= 0.6 is 0 Å². The SMILES string of the molecule is CC(C)(C)OC(=O)N1CCN(c2ccc3cc(C(=O)Cc4cc(-c5ccccc5)ccc4N)ncc3c2)CC1. The van der Waals surface area contributed by atoms with Crippen molar-refractivity contribution in [3.63, 3.8) is 0 Å². The molecule has 1 saturated heterocycles. The van der Waals surface area contributed by atoms with Gasteiger partial charge >= 0.3 is 6.09 Å². The number of piperazine rings is 1. The van der Waals surface area contributed by atoms with Crippen LogP contribution in [0.3, 0.4) is 0 Å². The van der Waals surface area contributed by atoms with Crippen LogP contribution in [0, 0.1) is 0 Å². The van der Waals surface area contributed by atoms with E-state index in [0.717, 1.165) is 46.2 Å². The molecule has 2 heterocycles. The number of aromatic nitrogens is 1. The van der Waals surface area contributed by atoms with Crippen molar-refractivity contribution in [1.29, 1.82) is 0 Å². The number of carbonyl (C=O) groups excluding carboxylic acids is 2. The number of carbonyl (C=O) groups is 2. The van der Waals surface area contributed by atoms with Crippen molar-refractivity contribution in [2.24, 2.45) is 0 Å². The monoisotopic (exact) mass is 522 g/mol. The molecule has 7 heteroatoms. The van der Waals surface area contributed by atoms with Gasteiger partial charge in [0.15, 0.2) is 5.78 Å². The second kappa shape index (κ2) is 10.8. The van der Waals surface area contributed by atoms with Crippen molar-refractivity contribution in [2.45, 2.75) is 32.8 Å². The Bertz CT molecular complexity index is 1500. The highest BCUT2D eigenvalue weighted by atomic mass is 16.6. The molecule has 39 heavy (non-hydrogen) atoms. The minimum atomic E-state index is -0.501. The number of fused-ring (bicyclic) bond motifs is 1. The third kappa shape index (κ3) is 6.20. The van der Waals surface area contributed by atoms with Gasteiger partial charge in [0.1, 0.15) is 11.3 Å². The van der Waals surface area contributed by atoms with Crippen LogP contribution in [0.1, 0.15) is 36.8 Å². The van der Waals surface area contributed by atoms with E-state index in [9.17, 15) is 9.59 Å². The van der Waals surface area contributed by atoms with Gasteiger partial charge in [-0.1, -0.05) is 42.5 Å². The topological polar surface area (TPSA) is 88.8 Å². The van der Waals surface area contributed by atoms with Gasteiger partial charge in [-0.05, 0) is 73.2 Å². The molecule has 1 aliphatic heterocycles. The molecule has 5 rings (SSSR count). The number of hydrogen-bond acceptors (Lipinski definition) is 6. The zero-order valence-electron chi connectivity index (χ0n) is 22.7. The molecule has 7 nitrogen and oxygen atoms in total. The Labute approximate surface area is 229 Å². The van der Waals surface area contributed by atoms with Crippen LogP contribution in [0.2, 0.25) is 0 Å². The Morgan fingerprint density at radius 3 is 2.33 bits per heavy atom. The zero-order valence-corrected chi connectivity index (χ0v) is 22.7. The van der Waals surface area contributed by atoms with E-state index in [1.807, 2.05) is 81.4 Å². The highest BCUT2D eigenvalue weighted by Crippen LogP contribution is 2.27. The van der Waals surface area contributed by atoms with E-state index < -0.39 is 5.60 Å². The number of nitrogens with two attached hydrogens (primary N) is 1. The largest absolute Gasteiger partial charge is 0.444 e. The molecule has 1 aliphatic rings. The number of ether oxygens (including phenoxy) is 1. The molecular weight excluding hydrogens is 488 g/mol. The molecule has 0 spiro atoms. The van der Waals surface area contributed by atoms with Gasteiger partial charge in [0.2, 0.25) is 0 Å². The molecule has 0 radical (unpaired) electrons. The van der Waals surface area contributed by atoms with E-state index in [1.165, 1.54) is 0 Å². The first-order valence-corrected chi connectivity index (χ1v) is 13.3. The lowest BCUT2D eigenvalue weighted by atomic mass is 9.98. The minimum Gasteiger partial charge on any atom is -0.444 e. The summed E-state index contributed by atoms with van der Waals surface area (Å²) < 4.78 is 5.50. The van der Waals surface area contributed by atoms with Crippen molar-refractivity contribution >= 4 is 34.0 Å². The Hall–Kier alpha value is -4.39. The zero-order chi connectivity index (χ0) is 27.6. The lowest BCUT2D eigenvalue weighted by Gasteiger charge is -2.36. The van der Waals surface area contributed by atoms with E-state index in [1.54, 1.807) is 11.1 Å². The maximum Gasteiger partial charge on any atom is 0.410 e. The van der Waals surface area contributed by atoms with Gasteiger partial charge in [0.25, 0.3) is 0 Å². The van der Waals surface area contributed by atoms with E-state index in [0.29, 0.717) is 24.5 Å². The fourth-order valence-electron chi connectivity index (χ4n) is 4.78. The number of hydrogen-bond donors (Lipinski definition) is 1. The predicted molar refractivity (Wildman–Crippen MR) is 156 cm³/mol. The summed E-state index contributed by atoms with van der Waals surface area (Å²) in [6.45, 7) is 8.28. The number of Topliss-reactive ketones (excluding diaryl/α,β-unsaturated/α-hetero) is 1. The predicted octanol–water partition coefficient (Wildman–Crippen LogP) is 5.97. The van der Waals surface area contributed by atoms with Crippen LogP contribution in [0.15, 0.2) is 79.0 Å². The van der Waals surface area contributed by atoms with Crippen LogP contribution in [-0.2, 0) is 11.2 Å². The molecule has 0 unspecified atom stereocenters. The number of rotatable bonds is 5. The normalized spacial score (nSPS) is 13.9. The number of pyridine rings is 1. The number of benzene rings is 3. The van der Waals surface area contributed by atoms with Gasteiger partial charge in [-0.15, -0.1) is 0 Å². The van der Waals surface area contributed by atoms with Gasteiger partial charge in [-0.3, -0.25) is 9.78 Å². The second-order valence-corrected chi connectivity index (χ2v) is 10.9. The van der Waals surface area contributed by atoms with Crippen molar-refractivity contribution in [3.05, 3.63) is 90.3 Å². The summed E-state index contributed by atoms with van der Waals surface area (Å²) in [7, 11) is 0. The van der Waals surface area contributed by atoms with Crippen LogP contribution in [0.5, 0.6) is 0 Å². The minimum absolute atomic E-state index is 0.0730. The molecule has 2 N–H and O–H groups in total. The van der Waals surface area contributed by atoms with Crippen LogP contribution < -0.4 is 10.6 Å². The highest BCUT2D eigenvalue weighted by Gasteiger charge is 2.26. The number of anilines is 2. The second-order valence-electron chi connectivity index (χ2n) is 10.9. The van der Waals surface area contributed by atoms with Crippen molar-refractivity contribution in [3.8, 4) is 11.1 Å². The van der Waals surface area contributed by atoms with Crippen molar-refractivity contribution < 1.29 is 14.3 Å². The first-order chi connectivity index (χ1) is 18.7. The summed E-state index contributed by atoms with van der Waals surface area (Å²) in [6, 6.07) is 23.9. The first kappa shape index (κ1) is 26.2. The van der Waals surface area contributed by atoms with Crippen LogP contribution in [-0.4, -0.2) is 53.5 Å². The van der Waals surface area contributed by atoms with Crippen LogP contribution in [0.4, 0.5) is 16.2 Å². The fraction of sp³-hybridized carbons (Fsp3) is 0.281. The molecular formula is C32H34N4O3. The molecule has 1 aromatic heterocycles. The van der Waals surface area contributed by atoms with Gasteiger partial charge in [-0.2, -0.15) is 0 Å². The molecule has 200 valence electrons. The summed E-state index contributed by atoms with van der Waals surface area (Å²) in [5, 5.41) is 1.92. The number of nitrogens with zero attached hydrogens (tertiary/aromatic N) is 3. The summed E-state index contributed by atoms with van der Waals surface area (Å²) in [5.74, 6) is -0.0730. The van der Waals surface area contributed by atoms with Gasteiger partial charge in [-0.25, -0.2) is 4.79 Å². The lowest BCUT2D eigenvalue weighted by molar-refractivity contribution is 0.0240. The Kier molecular flexibility index (Phi) is 7.24. The maximum atomic E-state index is 13.2. The molecule has 1 amide bonds. The molecule has 0 atom stereocenters. The molecule has 0 saturated carbocycles. The third-order valence-corrected chi connectivity index (χ3v) is 6.89. The standard InChI is InChI=1S/C32H34N4O3/c1-32(2,3)39-31(38)36-15-13-35(14-16-36)27-11-9-24-19-29(34-21-26(24)18-27)30(37)20-25-17-23(10-12-28(25)33)22-7-5-4-6-8-22/h4-12,17-19,21H,13-16,20,33H2,1-3H3. The van der Waals surface area contributed by atoms with E-state index >= 15 is 0 Å². The average molecular weight is 523 g/mol.